The van der Waals surface area contributed by atoms with Gasteiger partial charge >= 0.3 is 0 Å². The average Bonchev–Trinajstić information content (AvgIpc) is 2.90. The van der Waals surface area contributed by atoms with Gasteiger partial charge in [-0.15, -0.1) is 11.3 Å². The Hall–Kier alpha value is -0.940. The molecule has 0 spiro atoms. The normalized spacial score (nSPS) is 20.5. The highest BCUT2D eigenvalue weighted by Gasteiger charge is 2.25. The number of hydrogen-bond donors (Lipinski definition) is 2. The van der Waals surface area contributed by atoms with Crippen LogP contribution < -0.4 is 5.32 Å². The SMILES string of the molecule is CC(C(O)c1csc2ccccc12)N1CCNCC1. The van der Waals surface area contributed by atoms with Crippen LogP contribution in [-0.4, -0.2) is 42.2 Å². The largest absolute Gasteiger partial charge is 0.387 e. The molecule has 2 N–H and O–H groups in total. The summed E-state index contributed by atoms with van der Waals surface area (Å²) in [5, 5.41) is 17.3. The van der Waals surface area contributed by atoms with Gasteiger partial charge in [-0.2, -0.15) is 0 Å². The number of hydrogen-bond acceptors (Lipinski definition) is 4. The highest BCUT2D eigenvalue weighted by molar-refractivity contribution is 7.17. The summed E-state index contributed by atoms with van der Waals surface area (Å²) in [7, 11) is 0. The second-order valence-corrected chi connectivity index (χ2v) is 6.07. The standard InChI is InChI=1S/C15H20N2OS/c1-11(17-8-6-16-7-9-17)15(18)13-10-19-14-5-3-2-4-12(13)14/h2-5,10-11,15-16,18H,6-9H2,1H3. The lowest BCUT2D eigenvalue weighted by Gasteiger charge is -2.35. The predicted octanol–water partition coefficient (Wildman–Crippen LogP) is 2.23. The Morgan fingerprint density at radius 1 is 1.26 bits per heavy atom. The van der Waals surface area contributed by atoms with Crippen molar-refractivity contribution >= 4 is 21.4 Å². The molecule has 1 aliphatic rings. The number of nitrogens with zero attached hydrogens (tertiary/aromatic N) is 1. The van der Waals surface area contributed by atoms with E-state index in [0.717, 1.165) is 31.7 Å². The monoisotopic (exact) mass is 276 g/mol. The minimum atomic E-state index is -0.408. The van der Waals surface area contributed by atoms with Gasteiger partial charge in [-0.05, 0) is 23.8 Å². The van der Waals surface area contributed by atoms with Gasteiger partial charge in [-0.3, -0.25) is 4.90 Å². The fourth-order valence-corrected chi connectivity index (χ4v) is 3.77. The average molecular weight is 276 g/mol. The molecule has 2 aromatic rings. The fourth-order valence-electron chi connectivity index (χ4n) is 2.78. The van der Waals surface area contributed by atoms with E-state index in [0.29, 0.717) is 0 Å². The highest BCUT2D eigenvalue weighted by atomic mass is 32.1. The van der Waals surface area contributed by atoms with Crippen LogP contribution in [0.5, 0.6) is 0 Å². The van der Waals surface area contributed by atoms with E-state index in [2.05, 4.69) is 40.7 Å². The minimum absolute atomic E-state index is 0.167. The summed E-state index contributed by atoms with van der Waals surface area (Å²) in [6.45, 7) is 6.19. The second-order valence-electron chi connectivity index (χ2n) is 5.16. The molecule has 2 atom stereocenters. The van der Waals surface area contributed by atoms with Gasteiger partial charge in [0.2, 0.25) is 0 Å². The number of fused-ring (bicyclic) bond motifs is 1. The lowest BCUT2D eigenvalue weighted by Crippen LogP contribution is -2.49. The van der Waals surface area contributed by atoms with Crippen LogP contribution in [0, 0.1) is 0 Å². The summed E-state index contributed by atoms with van der Waals surface area (Å²) in [6, 6.07) is 8.48. The zero-order chi connectivity index (χ0) is 13.2. The van der Waals surface area contributed by atoms with Crippen molar-refractivity contribution in [3.63, 3.8) is 0 Å². The molecule has 1 fully saturated rings. The quantitative estimate of drug-likeness (QED) is 0.902. The molecular weight excluding hydrogens is 256 g/mol. The maximum atomic E-state index is 10.7. The van der Waals surface area contributed by atoms with Gasteiger partial charge in [-0.25, -0.2) is 0 Å². The number of nitrogens with one attached hydrogen (secondary N) is 1. The van der Waals surface area contributed by atoms with Crippen molar-refractivity contribution in [1.82, 2.24) is 10.2 Å². The number of aliphatic hydroxyl groups excluding tert-OH is 1. The van der Waals surface area contributed by atoms with Crippen molar-refractivity contribution in [2.24, 2.45) is 0 Å². The Morgan fingerprint density at radius 3 is 2.79 bits per heavy atom. The number of rotatable bonds is 3. The first-order valence-corrected chi connectivity index (χ1v) is 7.74. The molecule has 19 heavy (non-hydrogen) atoms. The third kappa shape index (κ3) is 2.54. The fraction of sp³-hybridized carbons (Fsp3) is 0.467. The van der Waals surface area contributed by atoms with Gasteiger partial charge in [-0.1, -0.05) is 18.2 Å². The van der Waals surface area contributed by atoms with Gasteiger partial charge < -0.3 is 10.4 Å². The van der Waals surface area contributed by atoms with E-state index < -0.39 is 6.10 Å². The lowest BCUT2D eigenvalue weighted by molar-refractivity contribution is 0.0521. The first-order valence-electron chi connectivity index (χ1n) is 6.86. The molecular formula is C15H20N2OS. The molecule has 1 saturated heterocycles. The molecule has 1 aliphatic heterocycles. The Balaban J connectivity index is 1.84. The molecule has 0 amide bonds. The zero-order valence-corrected chi connectivity index (χ0v) is 12.0. The maximum absolute atomic E-state index is 10.7. The van der Waals surface area contributed by atoms with E-state index in [9.17, 15) is 5.11 Å². The number of aliphatic hydroxyl groups is 1. The molecule has 102 valence electrons. The van der Waals surface area contributed by atoms with Gasteiger partial charge in [0.05, 0.1) is 6.10 Å². The summed E-state index contributed by atoms with van der Waals surface area (Å²) >= 11 is 1.72. The zero-order valence-electron chi connectivity index (χ0n) is 11.2. The summed E-state index contributed by atoms with van der Waals surface area (Å²) in [6.07, 6.45) is -0.408. The van der Waals surface area contributed by atoms with Gasteiger partial charge in [0.25, 0.3) is 0 Å². The van der Waals surface area contributed by atoms with Crippen LogP contribution in [0.25, 0.3) is 10.1 Å². The molecule has 0 saturated carbocycles. The molecule has 2 heterocycles. The molecule has 0 bridgehead atoms. The van der Waals surface area contributed by atoms with E-state index in [1.165, 1.54) is 10.1 Å². The molecule has 2 unspecified atom stereocenters. The van der Waals surface area contributed by atoms with E-state index in [-0.39, 0.29) is 6.04 Å². The molecule has 1 aromatic carbocycles. The Bertz CT molecular complexity index is 548. The van der Waals surface area contributed by atoms with Crippen LogP contribution in [0.1, 0.15) is 18.6 Å². The van der Waals surface area contributed by atoms with Crippen LogP contribution in [0.15, 0.2) is 29.6 Å². The molecule has 3 rings (SSSR count). The van der Waals surface area contributed by atoms with E-state index in [1.807, 2.05) is 6.07 Å². The number of piperazine rings is 1. The minimum Gasteiger partial charge on any atom is -0.387 e. The third-order valence-corrected chi connectivity index (χ3v) is 5.00. The first-order chi connectivity index (χ1) is 9.27. The second kappa shape index (κ2) is 5.59. The lowest BCUT2D eigenvalue weighted by atomic mass is 10.0. The number of benzene rings is 1. The predicted molar refractivity (Wildman–Crippen MR) is 80.7 cm³/mol. The first kappa shape index (κ1) is 13.1. The molecule has 0 radical (unpaired) electrons. The van der Waals surface area contributed by atoms with Crippen molar-refractivity contribution in [3.05, 3.63) is 35.2 Å². The van der Waals surface area contributed by atoms with Crippen LogP contribution in [0.3, 0.4) is 0 Å². The van der Waals surface area contributed by atoms with Crippen LogP contribution in [0.2, 0.25) is 0 Å². The maximum Gasteiger partial charge on any atom is 0.0956 e. The van der Waals surface area contributed by atoms with Gasteiger partial charge in [0, 0.05) is 42.5 Å². The molecule has 1 aromatic heterocycles. The summed E-state index contributed by atoms with van der Waals surface area (Å²) in [5.41, 5.74) is 1.08. The van der Waals surface area contributed by atoms with E-state index >= 15 is 0 Å². The van der Waals surface area contributed by atoms with Crippen molar-refractivity contribution in [2.45, 2.75) is 19.1 Å². The highest BCUT2D eigenvalue weighted by Crippen LogP contribution is 2.32. The summed E-state index contributed by atoms with van der Waals surface area (Å²) < 4.78 is 1.25. The van der Waals surface area contributed by atoms with E-state index in [1.54, 1.807) is 11.3 Å². The molecule has 3 nitrogen and oxygen atoms in total. The number of thiophene rings is 1. The Kier molecular flexibility index (Phi) is 3.84. The third-order valence-electron chi connectivity index (χ3n) is 4.01. The topological polar surface area (TPSA) is 35.5 Å². The van der Waals surface area contributed by atoms with Crippen molar-refractivity contribution in [1.29, 1.82) is 0 Å². The van der Waals surface area contributed by atoms with Crippen LogP contribution in [-0.2, 0) is 0 Å². The summed E-state index contributed by atoms with van der Waals surface area (Å²) in [5.74, 6) is 0. The smallest absolute Gasteiger partial charge is 0.0956 e. The van der Waals surface area contributed by atoms with Crippen molar-refractivity contribution in [2.75, 3.05) is 26.2 Å². The van der Waals surface area contributed by atoms with Gasteiger partial charge in [0.15, 0.2) is 0 Å². The summed E-state index contributed by atoms with van der Waals surface area (Å²) in [4.78, 5) is 2.37. The molecule has 0 aliphatic carbocycles. The van der Waals surface area contributed by atoms with Crippen molar-refractivity contribution in [3.8, 4) is 0 Å². The Morgan fingerprint density at radius 2 is 2.00 bits per heavy atom. The Labute approximate surface area is 117 Å². The van der Waals surface area contributed by atoms with E-state index in [4.69, 9.17) is 0 Å². The van der Waals surface area contributed by atoms with Crippen LogP contribution in [0.4, 0.5) is 0 Å². The van der Waals surface area contributed by atoms with Crippen LogP contribution >= 0.6 is 11.3 Å². The van der Waals surface area contributed by atoms with Crippen molar-refractivity contribution < 1.29 is 5.11 Å². The van der Waals surface area contributed by atoms with Gasteiger partial charge in [0.1, 0.15) is 0 Å². The molecule has 4 heteroatoms.